The summed E-state index contributed by atoms with van der Waals surface area (Å²) in [6, 6.07) is 10.6. The van der Waals surface area contributed by atoms with E-state index in [2.05, 4.69) is 56.4 Å². The number of aromatic nitrogens is 1. The Balaban J connectivity index is 0.00000240. The Bertz CT molecular complexity index is 845. The monoisotopic (exact) mass is 506 g/mol. The van der Waals surface area contributed by atoms with Crippen LogP contribution in [0.4, 0.5) is 11.5 Å². The van der Waals surface area contributed by atoms with Gasteiger partial charge in [-0.3, -0.25) is 0 Å². The second-order valence-electron chi connectivity index (χ2n) is 7.79. The number of nitrogens with zero attached hydrogens (tertiary/aromatic N) is 4. The van der Waals surface area contributed by atoms with Crippen LogP contribution in [-0.2, 0) is 19.4 Å². The minimum Gasteiger partial charge on any atom is -0.370 e. The number of anilines is 2. The molecule has 29 heavy (non-hydrogen) atoms. The quantitative estimate of drug-likeness (QED) is 0.379. The van der Waals surface area contributed by atoms with Crippen LogP contribution in [0.25, 0.3) is 0 Å². The first-order valence-corrected chi connectivity index (χ1v) is 10.3. The Kier molecular flexibility index (Phi) is 7.71. The molecule has 0 bridgehead atoms. The van der Waals surface area contributed by atoms with Crippen molar-refractivity contribution in [3.8, 4) is 0 Å². The fourth-order valence-corrected chi connectivity index (χ4v) is 4.02. The molecule has 1 saturated heterocycles. The molecule has 2 aliphatic rings. The van der Waals surface area contributed by atoms with Gasteiger partial charge < -0.3 is 20.9 Å². The molecule has 0 saturated carbocycles. The molecule has 3 N–H and O–H groups in total. The number of nitrogens with one attached hydrogen (secondary N) is 1. The molecule has 1 aromatic carbocycles. The Labute approximate surface area is 190 Å². The highest BCUT2D eigenvalue weighted by molar-refractivity contribution is 14.0. The van der Waals surface area contributed by atoms with Crippen LogP contribution in [0.15, 0.2) is 41.5 Å². The zero-order valence-corrected chi connectivity index (χ0v) is 19.4. The summed E-state index contributed by atoms with van der Waals surface area (Å²) in [5, 5.41) is 3.32. The van der Waals surface area contributed by atoms with Crippen molar-refractivity contribution in [3.63, 3.8) is 0 Å². The van der Waals surface area contributed by atoms with Crippen LogP contribution in [0.1, 0.15) is 29.5 Å². The molecule has 1 aromatic heterocycles. The third kappa shape index (κ3) is 5.60. The van der Waals surface area contributed by atoms with Gasteiger partial charge in [-0.05, 0) is 67.6 Å². The molecule has 2 aromatic rings. The number of hydrogen-bond acceptors (Lipinski definition) is 4. The van der Waals surface area contributed by atoms with Crippen LogP contribution in [0.3, 0.4) is 0 Å². The van der Waals surface area contributed by atoms with E-state index >= 15 is 0 Å². The number of aliphatic imine (C=N–C) groups is 1. The summed E-state index contributed by atoms with van der Waals surface area (Å²) < 4.78 is 0. The number of likely N-dealkylation sites (N-methyl/N-ethyl adjacent to an activating group) is 1. The Morgan fingerprint density at radius 1 is 1.14 bits per heavy atom. The van der Waals surface area contributed by atoms with Crippen LogP contribution in [0.2, 0.25) is 0 Å². The standard InChI is InChI=1S/C22H30N6.HI/c1-27-11-13-28(14-12-27)21-15-17(9-10-24-21)16-25-22(23)26-20-8-4-6-18-5-2-3-7-19(18)20;/h4,6,8-10,15H,2-3,5,7,11-14,16H2,1H3,(H3,23,25,26);1H. The van der Waals surface area contributed by atoms with Gasteiger partial charge in [0.2, 0.25) is 0 Å². The lowest BCUT2D eigenvalue weighted by molar-refractivity contribution is 0.312. The van der Waals surface area contributed by atoms with Gasteiger partial charge in [-0.25, -0.2) is 9.98 Å². The van der Waals surface area contributed by atoms with Gasteiger partial charge in [-0.1, -0.05) is 12.1 Å². The number of guanidine groups is 1. The fourth-order valence-electron chi connectivity index (χ4n) is 4.02. The molecule has 0 atom stereocenters. The SMILES string of the molecule is CN1CCN(c2cc(CN=C(N)Nc3cccc4c3CCCC4)ccn2)CC1.I. The highest BCUT2D eigenvalue weighted by Gasteiger charge is 2.15. The predicted molar refractivity (Wildman–Crippen MR) is 131 cm³/mol. The third-order valence-corrected chi connectivity index (χ3v) is 5.73. The first-order valence-electron chi connectivity index (χ1n) is 10.3. The molecule has 6 nitrogen and oxygen atoms in total. The number of fused-ring (bicyclic) bond motifs is 1. The van der Waals surface area contributed by atoms with Crippen molar-refractivity contribution in [1.82, 2.24) is 9.88 Å². The summed E-state index contributed by atoms with van der Waals surface area (Å²) >= 11 is 0. The van der Waals surface area contributed by atoms with Crippen LogP contribution in [-0.4, -0.2) is 49.1 Å². The highest BCUT2D eigenvalue weighted by Crippen LogP contribution is 2.27. The summed E-state index contributed by atoms with van der Waals surface area (Å²) in [4.78, 5) is 13.8. The van der Waals surface area contributed by atoms with Crippen molar-refractivity contribution in [2.75, 3.05) is 43.4 Å². The summed E-state index contributed by atoms with van der Waals surface area (Å²) in [6.07, 6.45) is 6.67. The number of pyridine rings is 1. The van der Waals surface area contributed by atoms with Crippen molar-refractivity contribution >= 4 is 41.4 Å². The Morgan fingerprint density at radius 3 is 2.76 bits per heavy atom. The Hall–Kier alpha value is -1.87. The molecule has 156 valence electrons. The molecule has 7 heteroatoms. The maximum absolute atomic E-state index is 6.19. The van der Waals surface area contributed by atoms with Crippen molar-refractivity contribution in [3.05, 3.63) is 53.2 Å². The highest BCUT2D eigenvalue weighted by atomic mass is 127. The maximum Gasteiger partial charge on any atom is 0.193 e. The smallest absolute Gasteiger partial charge is 0.193 e. The first-order chi connectivity index (χ1) is 13.7. The molecule has 1 aliphatic carbocycles. The molecule has 2 heterocycles. The maximum atomic E-state index is 6.19. The average Bonchev–Trinajstić information content (AvgIpc) is 2.73. The van der Waals surface area contributed by atoms with E-state index in [1.54, 1.807) is 0 Å². The van der Waals surface area contributed by atoms with Crippen molar-refractivity contribution in [2.45, 2.75) is 32.2 Å². The van der Waals surface area contributed by atoms with Gasteiger partial charge in [0.25, 0.3) is 0 Å². The Morgan fingerprint density at radius 2 is 1.93 bits per heavy atom. The zero-order valence-electron chi connectivity index (χ0n) is 17.1. The third-order valence-electron chi connectivity index (χ3n) is 5.73. The normalized spacial score (nSPS) is 17.4. The summed E-state index contributed by atoms with van der Waals surface area (Å²) in [5.41, 5.74) is 11.3. The van der Waals surface area contributed by atoms with E-state index in [-0.39, 0.29) is 24.0 Å². The lowest BCUT2D eigenvalue weighted by atomic mass is 9.90. The van der Waals surface area contributed by atoms with E-state index in [0.29, 0.717) is 12.5 Å². The lowest BCUT2D eigenvalue weighted by Crippen LogP contribution is -2.44. The molecule has 4 rings (SSSR count). The molecular weight excluding hydrogens is 475 g/mol. The molecule has 0 spiro atoms. The summed E-state index contributed by atoms with van der Waals surface area (Å²) in [7, 11) is 2.16. The number of halogens is 1. The molecule has 0 amide bonds. The molecule has 0 radical (unpaired) electrons. The number of benzene rings is 1. The van der Waals surface area contributed by atoms with Crippen LogP contribution >= 0.6 is 24.0 Å². The van der Waals surface area contributed by atoms with E-state index in [9.17, 15) is 0 Å². The number of nitrogens with two attached hydrogens (primary N) is 1. The van der Waals surface area contributed by atoms with Gasteiger partial charge in [0.05, 0.1) is 6.54 Å². The summed E-state index contributed by atoms with van der Waals surface area (Å²) in [5.74, 6) is 1.50. The fraction of sp³-hybridized carbons (Fsp3) is 0.455. The zero-order chi connectivity index (χ0) is 19.3. The minimum atomic E-state index is 0. The average molecular weight is 506 g/mol. The van der Waals surface area contributed by atoms with Gasteiger partial charge in [-0.2, -0.15) is 0 Å². The summed E-state index contributed by atoms with van der Waals surface area (Å²) in [6.45, 7) is 4.72. The van der Waals surface area contributed by atoms with Gasteiger partial charge in [0.15, 0.2) is 5.96 Å². The number of piperazine rings is 1. The molecule has 0 unspecified atom stereocenters. The van der Waals surface area contributed by atoms with Gasteiger partial charge in [-0.15, -0.1) is 24.0 Å². The second-order valence-corrected chi connectivity index (χ2v) is 7.79. The lowest BCUT2D eigenvalue weighted by Gasteiger charge is -2.33. The van der Waals surface area contributed by atoms with Crippen LogP contribution in [0, 0.1) is 0 Å². The van der Waals surface area contributed by atoms with Crippen molar-refractivity contribution in [1.29, 1.82) is 0 Å². The largest absolute Gasteiger partial charge is 0.370 e. The molecular formula is C22H31IN6. The van der Waals surface area contributed by atoms with Crippen LogP contribution < -0.4 is 16.0 Å². The van der Waals surface area contributed by atoms with E-state index in [1.807, 2.05) is 12.3 Å². The molecule has 1 fully saturated rings. The van der Waals surface area contributed by atoms with E-state index in [1.165, 1.54) is 24.0 Å². The second kappa shape index (κ2) is 10.2. The van der Waals surface area contributed by atoms with E-state index in [4.69, 9.17) is 5.73 Å². The number of hydrogen-bond donors (Lipinski definition) is 2. The van der Waals surface area contributed by atoms with E-state index < -0.39 is 0 Å². The topological polar surface area (TPSA) is 69.8 Å². The predicted octanol–water partition coefficient (Wildman–Crippen LogP) is 3.26. The van der Waals surface area contributed by atoms with Gasteiger partial charge >= 0.3 is 0 Å². The minimum absolute atomic E-state index is 0. The van der Waals surface area contributed by atoms with Gasteiger partial charge in [0, 0.05) is 38.1 Å². The van der Waals surface area contributed by atoms with Gasteiger partial charge in [0.1, 0.15) is 5.82 Å². The number of rotatable bonds is 4. The van der Waals surface area contributed by atoms with Crippen LogP contribution in [0.5, 0.6) is 0 Å². The first kappa shape index (κ1) is 21.8. The van der Waals surface area contributed by atoms with Crippen molar-refractivity contribution in [2.24, 2.45) is 10.7 Å². The van der Waals surface area contributed by atoms with E-state index in [0.717, 1.165) is 56.1 Å². The molecule has 1 aliphatic heterocycles. The number of aryl methyl sites for hydroxylation is 1. The van der Waals surface area contributed by atoms with Crippen molar-refractivity contribution < 1.29 is 0 Å².